The Bertz CT molecular complexity index is 2750. The Morgan fingerprint density at radius 1 is 0.391 bits per heavy atom. The number of hydrogen-bond acceptors (Lipinski definition) is 6. The second kappa shape index (κ2) is 9.89. The molecule has 0 radical (unpaired) electrons. The Kier molecular flexibility index (Phi) is 5.53. The van der Waals surface area contributed by atoms with Gasteiger partial charge in [-0.05, 0) is 68.1 Å². The van der Waals surface area contributed by atoms with Gasteiger partial charge in [0.25, 0.3) is 0 Å². The standard InChI is InChI=1S/C40H20N6/c41-21-43-35-33-19-29(27-11-9-23-5-1-3-7-25(23)17-27)13-15-31(33)37-39(35)46-38-32-16-14-30(20-34(32)36(44-22-42)40(38)45-37)28-12-10-24-6-2-4-8-26(24)18-28/h1-20H. The maximum atomic E-state index is 9.71. The predicted octanol–water partition coefficient (Wildman–Crippen LogP) is 8.37. The average molecular weight is 585 g/mol. The number of hydrogen-bond donors (Lipinski definition) is 0. The third kappa shape index (κ3) is 3.81. The van der Waals surface area contributed by atoms with E-state index in [9.17, 15) is 10.5 Å². The zero-order chi connectivity index (χ0) is 30.8. The molecule has 0 unspecified atom stereocenters. The molecule has 0 bridgehead atoms. The quantitative estimate of drug-likeness (QED) is 0.191. The third-order valence-corrected chi connectivity index (χ3v) is 8.89. The summed E-state index contributed by atoms with van der Waals surface area (Å²) in [5.41, 5.74) is 6.50. The molecular weight excluding hydrogens is 564 g/mol. The van der Waals surface area contributed by atoms with Crippen molar-refractivity contribution in [3.8, 4) is 34.6 Å². The molecule has 46 heavy (non-hydrogen) atoms. The van der Waals surface area contributed by atoms with Crippen LogP contribution in [0.3, 0.4) is 0 Å². The summed E-state index contributed by atoms with van der Waals surface area (Å²) in [5, 5.41) is 28.3. The molecule has 0 atom stereocenters. The molecule has 8 aromatic carbocycles. The summed E-state index contributed by atoms with van der Waals surface area (Å²) in [4.78, 5) is 18.6. The first kappa shape index (κ1) is 25.7. The first-order chi connectivity index (χ1) is 22.7. The zero-order valence-electron chi connectivity index (χ0n) is 24.2. The number of fused-ring (bicyclic) bond motifs is 8. The van der Waals surface area contributed by atoms with Crippen LogP contribution in [0.2, 0.25) is 0 Å². The van der Waals surface area contributed by atoms with Crippen molar-refractivity contribution in [2.45, 2.75) is 0 Å². The van der Waals surface area contributed by atoms with E-state index < -0.39 is 0 Å². The summed E-state index contributed by atoms with van der Waals surface area (Å²) >= 11 is 0. The highest BCUT2D eigenvalue weighted by Gasteiger charge is 2.19. The van der Waals surface area contributed by atoms with E-state index in [1.54, 1.807) is 0 Å². The molecule has 0 fully saturated rings. The van der Waals surface area contributed by atoms with Gasteiger partial charge in [-0.2, -0.15) is 20.5 Å². The molecule has 9 rings (SSSR count). The van der Waals surface area contributed by atoms with Crippen molar-refractivity contribution in [2.75, 3.05) is 0 Å². The van der Waals surface area contributed by atoms with Crippen molar-refractivity contribution >= 4 is 65.2 Å². The van der Waals surface area contributed by atoms with Crippen LogP contribution in [0.1, 0.15) is 0 Å². The van der Waals surface area contributed by atoms with Crippen molar-refractivity contribution in [3.63, 3.8) is 0 Å². The third-order valence-electron chi connectivity index (χ3n) is 8.89. The lowest BCUT2D eigenvalue weighted by atomic mass is 10.00. The van der Waals surface area contributed by atoms with Crippen molar-refractivity contribution in [2.24, 2.45) is 9.98 Å². The molecule has 0 aliphatic carbocycles. The van der Waals surface area contributed by atoms with Gasteiger partial charge in [0, 0.05) is 21.5 Å². The van der Waals surface area contributed by atoms with Crippen LogP contribution in [0.25, 0.3) is 87.4 Å². The van der Waals surface area contributed by atoms with Crippen molar-refractivity contribution < 1.29 is 0 Å². The predicted molar refractivity (Wildman–Crippen MR) is 183 cm³/mol. The fourth-order valence-electron chi connectivity index (χ4n) is 6.71. The van der Waals surface area contributed by atoms with Gasteiger partial charge in [-0.1, -0.05) is 97.1 Å². The highest BCUT2D eigenvalue weighted by Crippen LogP contribution is 2.33. The maximum Gasteiger partial charge on any atom is 0.206 e. The van der Waals surface area contributed by atoms with Crippen LogP contribution in [0.5, 0.6) is 0 Å². The molecule has 6 heteroatoms. The van der Waals surface area contributed by atoms with E-state index in [-0.39, 0.29) is 0 Å². The number of nitrogens with zero attached hydrogens (tertiary/aromatic N) is 6. The van der Waals surface area contributed by atoms with Gasteiger partial charge in [-0.15, -0.1) is 0 Å². The molecule has 6 nitrogen and oxygen atoms in total. The van der Waals surface area contributed by atoms with Crippen molar-refractivity contribution in [3.05, 3.63) is 132 Å². The lowest BCUT2D eigenvalue weighted by Gasteiger charge is -2.05. The van der Waals surface area contributed by atoms with Crippen LogP contribution in [0, 0.1) is 22.9 Å². The Morgan fingerprint density at radius 2 is 0.783 bits per heavy atom. The van der Waals surface area contributed by atoms with Gasteiger partial charge in [0.05, 0.1) is 11.0 Å². The molecule has 0 saturated carbocycles. The van der Waals surface area contributed by atoms with E-state index in [0.29, 0.717) is 32.8 Å². The van der Waals surface area contributed by atoms with Crippen LogP contribution >= 0.6 is 0 Å². The lowest BCUT2D eigenvalue weighted by molar-refractivity contribution is 1.33. The Labute approximate surface area is 261 Å². The van der Waals surface area contributed by atoms with Crippen LogP contribution in [0.4, 0.5) is 0 Å². The van der Waals surface area contributed by atoms with Crippen LogP contribution in [0.15, 0.2) is 131 Å². The van der Waals surface area contributed by atoms with Gasteiger partial charge in [0.2, 0.25) is 12.4 Å². The SMILES string of the molecule is N#CN=c1c2cc(-c3ccc4ccccc4c3)ccc2c2nc3c(=NC#N)c4cc(-c5ccc6ccccc6c5)ccc4c3nc12. The number of nitriles is 2. The average Bonchev–Trinajstić information content (AvgIpc) is 3.57. The smallest absolute Gasteiger partial charge is 0.206 e. The minimum absolute atomic E-state index is 0.491. The minimum atomic E-state index is 0.491. The van der Waals surface area contributed by atoms with E-state index in [1.807, 2.05) is 48.8 Å². The largest absolute Gasteiger partial charge is 0.241 e. The minimum Gasteiger partial charge on any atom is -0.241 e. The first-order valence-corrected chi connectivity index (χ1v) is 14.8. The van der Waals surface area contributed by atoms with Crippen LogP contribution in [-0.4, -0.2) is 9.97 Å². The first-order valence-electron chi connectivity index (χ1n) is 14.8. The fourth-order valence-corrected chi connectivity index (χ4v) is 6.71. The van der Waals surface area contributed by atoms with Gasteiger partial charge in [0.15, 0.2) is 0 Å². The summed E-state index contributed by atoms with van der Waals surface area (Å²) < 4.78 is 0. The van der Waals surface area contributed by atoms with E-state index in [1.165, 1.54) is 10.8 Å². The fraction of sp³-hybridized carbons (Fsp3) is 0. The summed E-state index contributed by atoms with van der Waals surface area (Å²) in [5.74, 6) is 0. The molecule has 0 N–H and O–H groups in total. The van der Waals surface area contributed by atoms with Gasteiger partial charge in [-0.25, -0.2) is 9.97 Å². The normalized spacial score (nSPS) is 12.6. The highest BCUT2D eigenvalue weighted by molar-refractivity contribution is 6.15. The van der Waals surface area contributed by atoms with Gasteiger partial charge >= 0.3 is 0 Å². The van der Waals surface area contributed by atoms with Gasteiger partial charge in [-0.3, -0.25) is 0 Å². The molecule has 210 valence electrons. The molecular formula is C40H20N6. The van der Waals surface area contributed by atoms with E-state index >= 15 is 0 Å². The molecule has 0 saturated heterocycles. The van der Waals surface area contributed by atoms with E-state index in [4.69, 9.17) is 9.97 Å². The molecule has 0 spiro atoms. The summed E-state index contributed by atoms with van der Waals surface area (Å²) in [6.45, 7) is 0. The molecule has 1 aromatic heterocycles. The number of benzene rings is 6. The maximum absolute atomic E-state index is 9.71. The Balaban J connectivity index is 1.29. The van der Waals surface area contributed by atoms with Crippen molar-refractivity contribution in [1.82, 2.24) is 9.97 Å². The second-order valence-corrected chi connectivity index (χ2v) is 11.4. The van der Waals surface area contributed by atoms with E-state index in [2.05, 4.69) is 94.9 Å². The second-order valence-electron chi connectivity index (χ2n) is 11.4. The van der Waals surface area contributed by atoms with Gasteiger partial charge in [0.1, 0.15) is 21.7 Å². The molecule has 1 heterocycles. The zero-order valence-corrected chi connectivity index (χ0v) is 24.2. The number of rotatable bonds is 2. The van der Waals surface area contributed by atoms with Crippen LogP contribution in [-0.2, 0) is 0 Å². The van der Waals surface area contributed by atoms with Crippen LogP contribution < -0.4 is 10.7 Å². The Hall–Kier alpha value is -6.76. The summed E-state index contributed by atoms with van der Waals surface area (Å²) in [6.07, 6.45) is 3.96. The molecule has 9 aromatic rings. The van der Waals surface area contributed by atoms with Crippen molar-refractivity contribution in [1.29, 1.82) is 10.5 Å². The van der Waals surface area contributed by atoms with E-state index in [0.717, 1.165) is 54.6 Å². The highest BCUT2D eigenvalue weighted by atomic mass is 14.9. The molecule has 0 amide bonds. The number of aromatic nitrogens is 2. The van der Waals surface area contributed by atoms with Gasteiger partial charge < -0.3 is 0 Å². The lowest BCUT2D eigenvalue weighted by Crippen LogP contribution is -2.03. The molecule has 0 aliphatic rings. The summed E-state index contributed by atoms with van der Waals surface area (Å²) in [7, 11) is 0. The topological polar surface area (TPSA) is 98.1 Å². The Morgan fingerprint density at radius 3 is 1.22 bits per heavy atom. The monoisotopic (exact) mass is 584 g/mol. The summed E-state index contributed by atoms with van der Waals surface area (Å²) in [6, 6.07) is 41.6. The molecule has 0 aliphatic heterocycles.